The molecule has 0 amide bonds. The van der Waals surface area contributed by atoms with Gasteiger partial charge in [-0.1, -0.05) is 42.5 Å². The maximum atomic E-state index is 9.78. The largest absolute Gasteiger partial charge is 0.493 e. The van der Waals surface area contributed by atoms with Crippen LogP contribution in [0.3, 0.4) is 0 Å². The molecular weight excluding hydrogens is 390 g/mol. The normalized spacial score (nSPS) is 15.6. The molecule has 0 saturated heterocycles. The van der Waals surface area contributed by atoms with Gasteiger partial charge in [-0.3, -0.25) is 4.90 Å². The number of rotatable bonds is 6. The number of diazo groups is 1. The zero-order chi connectivity index (χ0) is 21.8. The van der Waals surface area contributed by atoms with E-state index >= 15 is 0 Å². The Bertz CT molecular complexity index is 1110. The minimum atomic E-state index is 0.0821. The molecule has 0 bridgehead atoms. The Hall–Kier alpha value is -3.56. The third kappa shape index (κ3) is 4.05. The van der Waals surface area contributed by atoms with Gasteiger partial charge in [0, 0.05) is 25.6 Å². The SMILES string of the molecule is COc1ccc(C2CN(Cc3ccccc3)Cc3c2ccc(OC)c3[N+]#N)cc1OC. The van der Waals surface area contributed by atoms with E-state index in [2.05, 4.69) is 46.3 Å². The number of methoxy groups -OCH3 is 3. The van der Waals surface area contributed by atoms with Gasteiger partial charge in [0.1, 0.15) is 0 Å². The van der Waals surface area contributed by atoms with Crippen LogP contribution >= 0.6 is 0 Å². The average Bonchev–Trinajstić information content (AvgIpc) is 2.82. The maximum Gasteiger partial charge on any atom is 0.430 e. The van der Waals surface area contributed by atoms with Crippen molar-refractivity contribution in [1.29, 1.82) is 5.39 Å². The van der Waals surface area contributed by atoms with E-state index < -0.39 is 0 Å². The van der Waals surface area contributed by atoms with Crippen molar-refractivity contribution in [2.45, 2.75) is 19.0 Å². The molecule has 0 N–H and O–H groups in total. The third-order valence-electron chi connectivity index (χ3n) is 5.86. The fraction of sp³-hybridized carbons (Fsp3) is 0.280. The fourth-order valence-electron chi connectivity index (χ4n) is 4.36. The van der Waals surface area contributed by atoms with Gasteiger partial charge in [0.05, 0.1) is 26.9 Å². The molecule has 1 aliphatic heterocycles. The second kappa shape index (κ2) is 9.07. The molecule has 1 aliphatic rings. The molecule has 0 radical (unpaired) electrons. The molecule has 0 saturated carbocycles. The highest BCUT2D eigenvalue weighted by atomic mass is 16.5. The summed E-state index contributed by atoms with van der Waals surface area (Å²) in [7, 11) is 4.87. The molecule has 0 aliphatic carbocycles. The molecule has 0 aromatic heterocycles. The Kier molecular flexibility index (Phi) is 6.06. The molecule has 31 heavy (non-hydrogen) atoms. The predicted molar refractivity (Wildman–Crippen MR) is 120 cm³/mol. The van der Waals surface area contributed by atoms with Gasteiger partial charge in [0.25, 0.3) is 0 Å². The van der Waals surface area contributed by atoms with Crippen molar-refractivity contribution in [3.05, 3.63) is 87.9 Å². The summed E-state index contributed by atoms with van der Waals surface area (Å²) in [5.74, 6) is 2.04. The van der Waals surface area contributed by atoms with Crippen LogP contribution in [-0.4, -0.2) is 32.8 Å². The molecule has 3 aromatic carbocycles. The van der Waals surface area contributed by atoms with Crippen LogP contribution in [0, 0.1) is 5.39 Å². The molecule has 1 atom stereocenters. The Balaban J connectivity index is 1.80. The first kappa shape index (κ1) is 20.7. The minimum absolute atomic E-state index is 0.0821. The van der Waals surface area contributed by atoms with E-state index in [9.17, 15) is 5.39 Å². The second-order valence-corrected chi connectivity index (χ2v) is 7.61. The van der Waals surface area contributed by atoms with Crippen molar-refractivity contribution in [2.75, 3.05) is 27.9 Å². The summed E-state index contributed by atoms with van der Waals surface area (Å²) in [5, 5.41) is 9.78. The predicted octanol–water partition coefficient (Wildman–Crippen LogP) is 5.34. The maximum absolute atomic E-state index is 9.78. The molecule has 0 spiro atoms. The Morgan fingerprint density at radius 1 is 0.903 bits per heavy atom. The smallest absolute Gasteiger partial charge is 0.430 e. The summed E-state index contributed by atoms with van der Waals surface area (Å²) in [6, 6.07) is 20.4. The van der Waals surface area contributed by atoms with Gasteiger partial charge in [-0.05, 0) is 34.9 Å². The van der Waals surface area contributed by atoms with E-state index in [1.807, 2.05) is 24.3 Å². The molecule has 6 heteroatoms. The molecule has 6 nitrogen and oxygen atoms in total. The van der Waals surface area contributed by atoms with Gasteiger partial charge < -0.3 is 14.2 Å². The highest BCUT2D eigenvalue weighted by Gasteiger charge is 2.35. The molecule has 4 rings (SSSR count). The summed E-state index contributed by atoms with van der Waals surface area (Å²) in [6.07, 6.45) is 0. The standard InChI is InChI=1S/C25H26N3O3/c1-29-22-11-9-18(13-24(22)31-3)20-15-28(14-17-7-5-4-6-8-17)16-21-19(20)10-12-23(30-2)25(21)27-26/h4-13,20H,14-16H2,1-3H3/q+1. The average molecular weight is 417 g/mol. The van der Waals surface area contributed by atoms with Crippen molar-refractivity contribution < 1.29 is 14.2 Å². The fourth-order valence-corrected chi connectivity index (χ4v) is 4.36. The van der Waals surface area contributed by atoms with Crippen LogP contribution in [0.25, 0.3) is 4.98 Å². The number of nitrogens with zero attached hydrogens (tertiary/aromatic N) is 3. The van der Waals surface area contributed by atoms with Gasteiger partial charge in [0.2, 0.25) is 11.1 Å². The van der Waals surface area contributed by atoms with E-state index in [1.54, 1.807) is 21.3 Å². The van der Waals surface area contributed by atoms with Crippen LogP contribution in [0.2, 0.25) is 0 Å². The lowest BCUT2D eigenvalue weighted by Crippen LogP contribution is -2.33. The summed E-state index contributed by atoms with van der Waals surface area (Å²) in [4.78, 5) is 5.96. The summed E-state index contributed by atoms with van der Waals surface area (Å²) in [5.41, 5.74) is 4.95. The quantitative estimate of drug-likeness (QED) is 0.507. The topological polar surface area (TPSA) is 59.1 Å². The zero-order valence-corrected chi connectivity index (χ0v) is 18.0. The highest BCUT2D eigenvalue weighted by Crippen LogP contribution is 2.44. The van der Waals surface area contributed by atoms with Crippen LogP contribution in [-0.2, 0) is 13.1 Å². The minimum Gasteiger partial charge on any atom is -0.493 e. The summed E-state index contributed by atoms with van der Waals surface area (Å²) < 4.78 is 16.4. The molecule has 0 fully saturated rings. The van der Waals surface area contributed by atoms with E-state index in [1.165, 1.54) is 5.56 Å². The number of benzene rings is 3. The lowest BCUT2D eigenvalue weighted by Gasteiger charge is -2.34. The third-order valence-corrected chi connectivity index (χ3v) is 5.86. The second-order valence-electron chi connectivity index (χ2n) is 7.61. The van der Waals surface area contributed by atoms with Gasteiger partial charge >= 0.3 is 5.69 Å². The van der Waals surface area contributed by atoms with Crippen molar-refractivity contribution in [2.24, 2.45) is 0 Å². The van der Waals surface area contributed by atoms with Crippen molar-refractivity contribution in [3.8, 4) is 17.2 Å². The number of hydrogen-bond acceptors (Lipinski definition) is 5. The summed E-state index contributed by atoms with van der Waals surface area (Å²) >= 11 is 0. The van der Waals surface area contributed by atoms with Gasteiger partial charge in [-0.15, -0.1) is 0 Å². The highest BCUT2D eigenvalue weighted by molar-refractivity contribution is 5.67. The molecular formula is C25H26N3O3+. The van der Waals surface area contributed by atoms with Gasteiger partial charge in [-0.25, -0.2) is 0 Å². The van der Waals surface area contributed by atoms with Gasteiger partial charge in [-0.2, -0.15) is 0 Å². The van der Waals surface area contributed by atoms with Crippen LogP contribution in [0.15, 0.2) is 60.7 Å². The number of fused-ring (bicyclic) bond motifs is 1. The molecule has 1 heterocycles. The van der Waals surface area contributed by atoms with E-state index in [-0.39, 0.29) is 5.92 Å². The molecule has 3 aromatic rings. The van der Waals surface area contributed by atoms with Crippen LogP contribution in [0.5, 0.6) is 17.2 Å². The monoisotopic (exact) mass is 416 g/mol. The molecule has 1 unspecified atom stereocenters. The first-order valence-corrected chi connectivity index (χ1v) is 10.2. The first-order chi connectivity index (χ1) is 15.2. The van der Waals surface area contributed by atoms with Crippen LogP contribution in [0.1, 0.15) is 28.2 Å². The Morgan fingerprint density at radius 3 is 2.29 bits per heavy atom. The van der Waals surface area contributed by atoms with Crippen molar-refractivity contribution in [1.82, 2.24) is 4.90 Å². The van der Waals surface area contributed by atoms with Gasteiger partial charge in [0.15, 0.2) is 16.5 Å². The van der Waals surface area contributed by atoms with E-state index in [0.717, 1.165) is 29.8 Å². The van der Waals surface area contributed by atoms with Crippen LogP contribution in [0.4, 0.5) is 5.69 Å². The van der Waals surface area contributed by atoms with Crippen molar-refractivity contribution in [3.63, 3.8) is 0 Å². The van der Waals surface area contributed by atoms with Crippen LogP contribution < -0.4 is 14.2 Å². The lowest BCUT2D eigenvalue weighted by atomic mass is 9.83. The van der Waals surface area contributed by atoms with E-state index in [0.29, 0.717) is 29.5 Å². The Morgan fingerprint density at radius 2 is 1.61 bits per heavy atom. The Labute approximate surface area is 182 Å². The lowest BCUT2D eigenvalue weighted by molar-refractivity contribution is 0.232. The van der Waals surface area contributed by atoms with Crippen molar-refractivity contribution >= 4 is 5.69 Å². The number of hydrogen-bond donors (Lipinski definition) is 0. The van der Waals surface area contributed by atoms with E-state index in [4.69, 9.17) is 14.2 Å². The summed E-state index contributed by atoms with van der Waals surface area (Å²) in [6.45, 7) is 2.30. The zero-order valence-electron chi connectivity index (χ0n) is 18.0. The molecule has 158 valence electrons. The first-order valence-electron chi connectivity index (χ1n) is 10.2. The number of ether oxygens (including phenoxy) is 3.